The molecule has 4 heteroatoms. The predicted octanol–water partition coefficient (Wildman–Crippen LogP) is 2.96. The minimum atomic E-state index is 0.125. The maximum absolute atomic E-state index is 8.69. The third-order valence-electron chi connectivity index (χ3n) is 3.16. The molecule has 0 bridgehead atoms. The van der Waals surface area contributed by atoms with Gasteiger partial charge in [-0.15, -0.1) is 0 Å². The molecule has 104 valence electrons. The SMILES string of the molecule is CCc1cccc(NCc2cccc(C(N)=NO)c2)c1. The summed E-state index contributed by atoms with van der Waals surface area (Å²) in [4.78, 5) is 0. The van der Waals surface area contributed by atoms with Gasteiger partial charge in [-0.2, -0.15) is 0 Å². The number of benzene rings is 2. The van der Waals surface area contributed by atoms with Crippen molar-refractivity contribution in [2.75, 3.05) is 5.32 Å². The van der Waals surface area contributed by atoms with Gasteiger partial charge in [0.25, 0.3) is 0 Å². The van der Waals surface area contributed by atoms with Crippen molar-refractivity contribution in [3.8, 4) is 0 Å². The zero-order valence-electron chi connectivity index (χ0n) is 11.5. The number of nitrogens with zero attached hydrogens (tertiary/aromatic N) is 1. The van der Waals surface area contributed by atoms with Gasteiger partial charge in [-0.3, -0.25) is 0 Å². The standard InChI is InChI=1S/C16H19N3O/c1-2-12-5-4-8-15(10-12)18-11-13-6-3-7-14(9-13)16(17)19-20/h3-10,18,20H,2,11H2,1H3,(H2,17,19). The quantitative estimate of drug-likeness (QED) is 0.338. The second-order valence-corrected chi connectivity index (χ2v) is 4.59. The van der Waals surface area contributed by atoms with Crippen LogP contribution in [0.4, 0.5) is 5.69 Å². The summed E-state index contributed by atoms with van der Waals surface area (Å²) in [5.41, 5.74) is 9.79. The minimum absolute atomic E-state index is 0.125. The first kappa shape index (κ1) is 13.9. The Kier molecular flexibility index (Phi) is 4.60. The molecule has 0 aliphatic carbocycles. The van der Waals surface area contributed by atoms with Gasteiger partial charge in [-0.05, 0) is 35.7 Å². The highest BCUT2D eigenvalue weighted by Crippen LogP contribution is 2.13. The van der Waals surface area contributed by atoms with E-state index in [-0.39, 0.29) is 5.84 Å². The number of nitrogens with two attached hydrogens (primary N) is 1. The summed E-state index contributed by atoms with van der Waals surface area (Å²) < 4.78 is 0. The van der Waals surface area contributed by atoms with Gasteiger partial charge in [0.2, 0.25) is 0 Å². The fraction of sp³-hybridized carbons (Fsp3) is 0.188. The van der Waals surface area contributed by atoms with Crippen LogP contribution < -0.4 is 11.1 Å². The van der Waals surface area contributed by atoms with E-state index in [1.165, 1.54) is 5.56 Å². The molecule has 0 saturated heterocycles. The lowest BCUT2D eigenvalue weighted by atomic mass is 10.1. The Labute approximate surface area is 118 Å². The van der Waals surface area contributed by atoms with E-state index < -0.39 is 0 Å². The summed E-state index contributed by atoms with van der Waals surface area (Å²) in [5, 5.41) is 15.1. The third kappa shape index (κ3) is 3.51. The first-order chi connectivity index (χ1) is 9.72. The number of anilines is 1. The van der Waals surface area contributed by atoms with Gasteiger partial charge >= 0.3 is 0 Å². The van der Waals surface area contributed by atoms with E-state index in [9.17, 15) is 0 Å². The topological polar surface area (TPSA) is 70.6 Å². The minimum Gasteiger partial charge on any atom is -0.409 e. The molecule has 0 heterocycles. The molecule has 0 radical (unpaired) electrons. The van der Waals surface area contributed by atoms with Crippen molar-refractivity contribution in [2.24, 2.45) is 10.9 Å². The Morgan fingerprint density at radius 2 is 1.90 bits per heavy atom. The van der Waals surface area contributed by atoms with Crippen LogP contribution in [0.5, 0.6) is 0 Å². The lowest BCUT2D eigenvalue weighted by Crippen LogP contribution is -2.13. The molecule has 0 aromatic heterocycles. The van der Waals surface area contributed by atoms with E-state index in [2.05, 4.69) is 29.5 Å². The van der Waals surface area contributed by atoms with Crippen LogP contribution in [0.25, 0.3) is 0 Å². The zero-order valence-corrected chi connectivity index (χ0v) is 11.5. The van der Waals surface area contributed by atoms with Gasteiger partial charge in [0, 0.05) is 17.8 Å². The smallest absolute Gasteiger partial charge is 0.170 e. The molecule has 0 unspecified atom stereocenters. The fourth-order valence-corrected chi connectivity index (χ4v) is 2.00. The average molecular weight is 269 g/mol. The summed E-state index contributed by atoms with van der Waals surface area (Å²) in [7, 11) is 0. The molecule has 2 aromatic rings. The molecular weight excluding hydrogens is 250 g/mol. The van der Waals surface area contributed by atoms with E-state index in [0.29, 0.717) is 12.1 Å². The molecule has 0 aliphatic rings. The number of nitrogens with one attached hydrogen (secondary N) is 1. The van der Waals surface area contributed by atoms with Crippen molar-refractivity contribution in [1.82, 2.24) is 0 Å². The van der Waals surface area contributed by atoms with Gasteiger partial charge in [0.15, 0.2) is 5.84 Å². The van der Waals surface area contributed by atoms with Crippen molar-refractivity contribution in [3.63, 3.8) is 0 Å². The lowest BCUT2D eigenvalue weighted by Gasteiger charge is -2.09. The average Bonchev–Trinajstić information content (AvgIpc) is 2.52. The van der Waals surface area contributed by atoms with Crippen LogP contribution in [0.3, 0.4) is 0 Å². The highest BCUT2D eigenvalue weighted by atomic mass is 16.4. The number of aryl methyl sites for hydroxylation is 1. The Bertz CT molecular complexity index is 608. The monoisotopic (exact) mass is 269 g/mol. The van der Waals surface area contributed by atoms with E-state index in [0.717, 1.165) is 17.7 Å². The van der Waals surface area contributed by atoms with Crippen LogP contribution in [0.2, 0.25) is 0 Å². The number of hydrogen-bond acceptors (Lipinski definition) is 3. The number of oxime groups is 1. The van der Waals surface area contributed by atoms with Crippen LogP contribution >= 0.6 is 0 Å². The molecule has 0 saturated carbocycles. The van der Waals surface area contributed by atoms with Gasteiger partial charge in [0.1, 0.15) is 0 Å². The van der Waals surface area contributed by atoms with Crippen molar-refractivity contribution < 1.29 is 5.21 Å². The molecule has 0 amide bonds. The van der Waals surface area contributed by atoms with Crippen molar-refractivity contribution in [2.45, 2.75) is 19.9 Å². The molecule has 0 aliphatic heterocycles. The summed E-state index contributed by atoms with van der Waals surface area (Å²) in [6.07, 6.45) is 1.02. The third-order valence-corrected chi connectivity index (χ3v) is 3.16. The Hall–Kier alpha value is -2.49. The number of hydrogen-bond donors (Lipinski definition) is 3. The molecule has 4 nitrogen and oxygen atoms in total. The van der Waals surface area contributed by atoms with Crippen molar-refractivity contribution >= 4 is 11.5 Å². The first-order valence-corrected chi connectivity index (χ1v) is 6.62. The molecular formula is C16H19N3O. The molecule has 2 rings (SSSR count). The summed E-state index contributed by atoms with van der Waals surface area (Å²) in [6.45, 7) is 2.83. The summed E-state index contributed by atoms with van der Waals surface area (Å²) in [5.74, 6) is 0.125. The summed E-state index contributed by atoms with van der Waals surface area (Å²) in [6, 6.07) is 16.0. The maximum atomic E-state index is 8.69. The van der Waals surface area contributed by atoms with Crippen LogP contribution in [-0.4, -0.2) is 11.0 Å². The highest BCUT2D eigenvalue weighted by Gasteiger charge is 2.01. The van der Waals surface area contributed by atoms with Gasteiger partial charge in [-0.1, -0.05) is 42.4 Å². The van der Waals surface area contributed by atoms with Crippen LogP contribution in [0.15, 0.2) is 53.7 Å². The highest BCUT2D eigenvalue weighted by molar-refractivity contribution is 5.97. The largest absolute Gasteiger partial charge is 0.409 e. The fourth-order valence-electron chi connectivity index (χ4n) is 2.00. The number of amidine groups is 1. The Balaban J connectivity index is 2.07. The van der Waals surface area contributed by atoms with Crippen LogP contribution in [-0.2, 0) is 13.0 Å². The van der Waals surface area contributed by atoms with E-state index in [4.69, 9.17) is 10.9 Å². The predicted molar refractivity (Wildman–Crippen MR) is 82.1 cm³/mol. The molecule has 0 atom stereocenters. The summed E-state index contributed by atoms with van der Waals surface area (Å²) >= 11 is 0. The van der Waals surface area contributed by atoms with Crippen LogP contribution in [0, 0.1) is 0 Å². The molecule has 20 heavy (non-hydrogen) atoms. The Morgan fingerprint density at radius 1 is 1.15 bits per heavy atom. The second kappa shape index (κ2) is 6.61. The first-order valence-electron chi connectivity index (χ1n) is 6.62. The molecule has 2 aromatic carbocycles. The molecule has 0 spiro atoms. The van der Waals surface area contributed by atoms with E-state index >= 15 is 0 Å². The second-order valence-electron chi connectivity index (χ2n) is 4.59. The lowest BCUT2D eigenvalue weighted by molar-refractivity contribution is 0.318. The normalized spacial score (nSPS) is 11.3. The Morgan fingerprint density at radius 3 is 2.65 bits per heavy atom. The van der Waals surface area contributed by atoms with Gasteiger partial charge in [0.05, 0.1) is 0 Å². The van der Waals surface area contributed by atoms with Crippen molar-refractivity contribution in [1.29, 1.82) is 0 Å². The van der Waals surface area contributed by atoms with Gasteiger partial charge < -0.3 is 16.3 Å². The van der Waals surface area contributed by atoms with Crippen LogP contribution in [0.1, 0.15) is 23.6 Å². The number of rotatable bonds is 5. The van der Waals surface area contributed by atoms with E-state index in [1.807, 2.05) is 36.4 Å². The van der Waals surface area contributed by atoms with Gasteiger partial charge in [-0.25, -0.2) is 0 Å². The van der Waals surface area contributed by atoms with Crippen molar-refractivity contribution in [3.05, 3.63) is 65.2 Å². The molecule has 4 N–H and O–H groups in total. The maximum Gasteiger partial charge on any atom is 0.170 e. The zero-order chi connectivity index (χ0) is 14.4. The van der Waals surface area contributed by atoms with E-state index in [1.54, 1.807) is 0 Å². The molecule has 0 fully saturated rings.